The van der Waals surface area contributed by atoms with Gasteiger partial charge >= 0.3 is 0 Å². The lowest BCUT2D eigenvalue weighted by Gasteiger charge is -2.42. The van der Waals surface area contributed by atoms with Crippen LogP contribution in [0, 0.1) is 5.41 Å². The largest absolute Gasteiger partial charge is 0.377 e. The smallest absolute Gasteiger partial charge is 0.223 e. The predicted molar refractivity (Wildman–Crippen MR) is 73.3 cm³/mol. The van der Waals surface area contributed by atoms with Crippen LogP contribution in [0.4, 0.5) is 0 Å². The number of carbonyl (C=O) groups excluding carboxylic acids is 1. The van der Waals surface area contributed by atoms with E-state index in [1.807, 2.05) is 4.90 Å². The fraction of sp³-hybridized carbons (Fsp3) is 0.929. The minimum Gasteiger partial charge on any atom is -0.377 e. The van der Waals surface area contributed by atoms with Gasteiger partial charge in [0, 0.05) is 13.0 Å². The van der Waals surface area contributed by atoms with Crippen molar-refractivity contribution in [1.82, 2.24) is 4.90 Å². The molecule has 0 aliphatic carbocycles. The lowest BCUT2D eigenvalue weighted by atomic mass is 9.84. The second-order valence-electron chi connectivity index (χ2n) is 6.61. The van der Waals surface area contributed by atoms with Crippen LogP contribution >= 0.6 is 0 Å². The van der Waals surface area contributed by atoms with E-state index in [2.05, 4.69) is 27.7 Å². The Hall–Kier alpha value is -0.610. The highest BCUT2D eigenvalue weighted by molar-refractivity contribution is 5.77. The summed E-state index contributed by atoms with van der Waals surface area (Å²) in [5.41, 5.74) is 5.58. The van der Waals surface area contributed by atoms with Crippen molar-refractivity contribution in [2.75, 3.05) is 26.3 Å². The highest BCUT2D eigenvalue weighted by atomic mass is 16.5. The Morgan fingerprint density at radius 2 is 2.06 bits per heavy atom. The van der Waals surface area contributed by atoms with Crippen molar-refractivity contribution in [3.8, 4) is 0 Å². The van der Waals surface area contributed by atoms with Crippen LogP contribution in [0.1, 0.15) is 47.0 Å². The Morgan fingerprint density at radius 3 is 2.61 bits per heavy atom. The highest BCUT2D eigenvalue weighted by Crippen LogP contribution is 2.28. The lowest BCUT2D eigenvalue weighted by molar-refractivity contribution is -0.146. The molecule has 1 aliphatic rings. The van der Waals surface area contributed by atoms with E-state index in [1.165, 1.54) is 0 Å². The maximum Gasteiger partial charge on any atom is 0.223 e. The average molecular weight is 256 g/mol. The minimum atomic E-state index is -0.173. The first-order chi connectivity index (χ1) is 8.28. The number of hydrogen-bond acceptors (Lipinski definition) is 3. The van der Waals surface area contributed by atoms with Gasteiger partial charge in [-0.05, 0) is 38.6 Å². The van der Waals surface area contributed by atoms with Crippen LogP contribution in [0.3, 0.4) is 0 Å². The van der Waals surface area contributed by atoms with Gasteiger partial charge in [0.1, 0.15) is 0 Å². The van der Waals surface area contributed by atoms with Crippen LogP contribution in [0.25, 0.3) is 0 Å². The molecule has 18 heavy (non-hydrogen) atoms. The number of morpholine rings is 1. The first-order valence-electron chi connectivity index (χ1n) is 6.87. The first kappa shape index (κ1) is 15.4. The van der Waals surface area contributed by atoms with Crippen molar-refractivity contribution in [2.45, 2.75) is 52.5 Å². The van der Waals surface area contributed by atoms with E-state index >= 15 is 0 Å². The molecule has 1 heterocycles. The van der Waals surface area contributed by atoms with E-state index in [1.54, 1.807) is 0 Å². The third-order valence-electron chi connectivity index (χ3n) is 3.78. The van der Waals surface area contributed by atoms with Gasteiger partial charge in [0.25, 0.3) is 0 Å². The van der Waals surface area contributed by atoms with Crippen LogP contribution < -0.4 is 5.73 Å². The molecule has 0 saturated carbocycles. The van der Waals surface area contributed by atoms with Gasteiger partial charge in [-0.15, -0.1) is 0 Å². The quantitative estimate of drug-likeness (QED) is 0.815. The number of nitrogens with two attached hydrogens (primary N) is 1. The number of carbonyl (C=O) groups is 1. The van der Waals surface area contributed by atoms with Crippen LogP contribution in [-0.4, -0.2) is 42.6 Å². The number of amides is 1. The second kappa shape index (κ2) is 6.02. The van der Waals surface area contributed by atoms with Gasteiger partial charge in [-0.25, -0.2) is 0 Å². The molecule has 0 aromatic rings. The first-order valence-corrected chi connectivity index (χ1v) is 6.87. The van der Waals surface area contributed by atoms with Gasteiger partial charge in [-0.1, -0.05) is 13.8 Å². The molecule has 0 bridgehead atoms. The van der Waals surface area contributed by atoms with Crippen molar-refractivity contribution in [1.29, 1.82) is 0 Å². The summed E-state index contributed by atoms with van der Waals surface area (Å²) in [6, 6.07) is 0. The molecule has 0 spiro atoms. The zero-order valence-electron chi connectivity index (χ0n) is 12.3. The molecule has 0 radical (unpaired) electrons. The Labute approximate surface area is 111 Å². The van der Waals surface area contributed by atoms with Crippen molar-refractivity contribution in [3.63, 3.8) is 0 Å². The third kappa shape index (κ3) is 4.25. The maximum atomic E-state index is 12.3. The van der Waals surface area contributed by atoms with Crippen molar-refractivity contribution >= 4 is 5.91 Å². The summed E-state index contributed by atoms with van der Waals surface area (Å²) in [7, 11) is 0. The number of ether oxygens (including phenoxy) is 1. The molecule has 0 aromatic heterocycles. The van der Waals surface area contributed by atoms with Crippen LogP contribution in [-0.2, 0) is 9.53 Å². The van der Waals surface area contributed by atoms with Crippen molar-refractivity contribution < 1.29 is 9.53 Å². The predicted octanol–water partition coefficient (Wildman–Crippen LogP) is 1.78. The van der Waals surface area contributed by atoms with Gasteiger partial charge < -0.3 is 15.4 Å². The highest BCUT2D eigenvalue weighted by Gasteiger charge is 2.34. The van der Waals surface area contributed by atoms with E-state index < -0.39 is 0 Å². The van der Waals surface area contributed by atoms with E-state index in [4.69, 9.17) is 10.5 Å². The Balaban J connectivity index is 2.50. The van der Waals surface area contributed by atoms with Crippen LogP contribution in [0.5, 0.6) is 0 Å². The lowest BCUT2D eigenvalue weighted by Crippen LogP contribution is -2.55. The molecule has 0 unspecified atom stereocenters. The zero-order valence-corrected chi connectivity index (χ0v) is 12.3. The van der Waals surface area contributed by atoms with Gasteiger partial charge in [-0.3, -0.25) is 4.79 Å². The fourth-order valence-corrected chi connectivity index (χ4v) is 2.42. The number of nitrogens with zero attached hydrogens (tertiary/aromatic N) is 1. The Bertz CT molecular complexity index is 288. The summed E-state index contributed by atoms with van der Waals surface area (Å²) < 4.78 is 5.44. The zero-order chi connectivity index (χ0) is 13.8. The summed E-state index contributed by atoms with van der Waals surface area (Å²) in [5.74, 6) is 0.244. The number of rotatable bonds is 5. The summed E-state index contributed by atoms with van der Waals surface area (Å²) >= 11 is 0. The molecule has 106 valence electrons. The second-order valence-corrected chi connectivity index (χ2v) is 6.61. The summed E-state index contributed by atoms with van der Waals surface area (Å²) in [4.78, 5) is 14.3. The average Bonchev–Trinajstić information content (AvgIpc) is 2.25. The molecule has 0 atom stereocenters. The minimum absolute atomic E-state index is 0.154. The summed E-state index contributed by atoms with van der Waals surface area (Å²) in [6.07, 6.45) is 2.47. The standard InChI is InChI=1S/C14H28N2O2/c1-13(2,7-8-15)6-5-12(17)16-9-10-18-11-14(16,3)4/h5-11,15H2,1-4H3. The van der Waals surface area contributed by atoms with Crippen LogP contribution in [0.2, 0.25) is 0 Å². The third-order valence-corrected chi connectivity index (χ3v) is 3.78. The molecule has 4 heteroatoms. The maximum absolute atomic E-state index is 12.3. The Kier molecular flexibility index (Phi) is 5.17. The van der Waals surface area contributed by atoms with Gasteiger partial charge in [0.05, 0.1) is 18.8 Å². The topological polar surface area (TPSA) is 55.6 Å². The Morgan fingerprint density at radius 1 is 1.39 bits per heavy atom. The molecule has 2 N–H and O–H groups in total. The molecule has 1 rings (SSSR count). The van der Waals surface area contributed by atoms with E-state index in [0.717, 1.165) is 12.8 Å². The number of hydrogen-bond donors (Lipinski definition) is 1. The monoisotopic (exact) mass is 256 g/mol. The van der Waals surface area contributed by atoms with E-state index in [-0.39, 0.29) is 16.9 Å². The van der Waals surface area contributed by atoms with Crippen molar-refractivity contribution in [3.05, 3.63) is 0 Å². The molecule has 1 saturated heterocycles. The molecular formula is C14H28N2O2. The van der Waals surface area contributed by atoms with Crippen molar-refractivity contribution in [2.24, 2.45) is 11.1 Å². The summed E-state index contributed by atoms with van der Waals surface area (Å²) in [6.45, 7) is 11.2. The molecule has 4 nitrogen and oxygen atoms in total. The molecule has 1 fully saturated rings. The molecule has 0 aromatic carbocycles. The SMILES string of the molecule is CC(C)(CCN)CCC(=O)N1CCOCC1(C)C. The van der Waals surface area contributed by atoms with E-state index in [9.17, 15) is 4.79 Å². The molecular weight excluding hydrogens is 228 g/mol. The molecule has 1 aliphatic heterocycles. The van der Waals surface area contributed by atoms with Gasteiger partial charge in [-0.2, -0.15) is 0 Å². The summed E-state index contributed by atoms with van der Waals surface area (Å²) in [5, 5.41) is 0. The normalized spacial score (nSPS) is 19.9. The van der Waals surface area contributed by atoms with E-state index in [0.29, 0.717) is 32.7 Å². The van der Waals surface area contributed by atoms with Gasteiger partial charge in [0.15, 0.2) is 0 Å². The van der Waals surface area contributed by atoms with Gasteiger partial charge in [0.2, 0.25) is 5.91 Å². The molecule has 1 amide bonds. The fourth-order valence-electron chi connectivity index (χ4n) is 2.42. The van der Waals surface area contributed by atoms with Crippen LogP contribution in [0.15, 0.2) is 0 Å².